The molecule has 2 aromatic carbocycles. The summed E-state index contributed by atoms with van der Waals surface area (Å²) in [5, 5.41) is 9.16. The Balaban J connectivity index is 1.47. The molecule has 1 N–H and O–H groups in total. The van der Waals surface area contributed by atoms with Gasteiger partial charge in [-0.3, -0.25) is 4.79 Å². The Morgan fingerprint density at radius 1 is 1.13 bits per heavy atom. The van der Waals surface area contributed by atoms with Gasteiger partial charge in [-0.2, -0.15) is 5.26 Å². The molecule has 0 aromatic heterocycles. The lowest BCUT2D eigenvalue weighted by Crippen LogP contribution is -2.40. The molecule has 0 bridgehead atoms. The number of ether oxygens (including phenoxy) is 2. The second-order valence-electron chi connectivity index (χ2n) is 7.43. The van der Waals surface area contributed by atoms with Gasteiger partial charge in [0.25, 0.3) is 0 Å². The van der Waals surface area contributed by atoms with E-state index in [2.05, 4.69) is 4.72 Å². The average molecular weight is 442 g/mol. The van der Waals surface area contributed by atoms with E-state index in [0.29, 0.717) is 31.3 Å². The van der Waals surface area contributed by atoms with E-state index in [0.717, 1.165) is 24.8 Å². The number of carbonyl (C=O) groups excluding carboxylic acids is 1. The van der Waals surface area contributed by atoms with Crippen molar-refractivity contribution in [2.24, 2.45) is 0 Å². The van der Waals surface area contributed by atoms with Crippen molar-refractivity contribution in [1.29, 1.82) is 5.26 Å². The molecule has 2 aliphatic rings. The molecule has 8 nitrogen and oxygen atoms in total. The van der Waals surface area contributed by atoms with Crippen molar-refractivity contribution in [3.05, 3.63) is 53.6 Å². The summed E-state index contributed by atoms with van der Waals surface area (Å²) >= 11 is 0. The van der Waals surface area contributed by atoms with Crippen LogP contribution in [-0.4, -0.2) is 45.5 Å². The Hall–Kier alpha value is -3.09. The highest BCUT2D eigenvalue weighted by Crippen LogP contribution is 2.37. The Morgan fingerprint density at radius 3 is 2.71 bits per heavy atom. The van der Waals surface area contributed by atoms with Gasteiger partial charge in [-0.25, -0.2) is 13.1 Å². The maximum Gasteiger partial charge on any atom is 0.242 e. The van der Waals surface area contributed by atoms with Crippen molar-refractivity contribution in [3.8, 4) is 17.6 Å². The molecule has 1 fully saturated rings. The molecule has 0 spiro atoms. The summed E-state index contributed by atoms with van der Waals surface area (Å²) in [6, 6.07) is 13.3. The van der Waals surface area contributed by atoms with E-state index in [9.17, 15) is 13.2 Å². The van der Waals surface area contributed by atoms with Crippen LogP contribution in [-0.2, 0) is 14.8 Å². The minimum absolute atomic E-state index is 0.0358. The summed E-state index contributed by atoms with van der Waals surface area (Å²) < 4.78 is 39.0. The monoisotopic (exact) mass is 441 g/mol. The van der Waals surface area contributed by atoms with Crippen molar-refractivity contribution in [3.63, 3.8) is 0 Å². The number of nitriles is 1. The molecular weight excluding hydrogens is 418 g/mol. The quantitative estimate of drug-likeness (QED) is 0.763. The van der Waals surface area contributed by atoms with Crippen molar-refractivity contribution in [1.82, 2.24) is 9.62 Å². The van der Waals surface area contributed by atoms with E-state index in [1.807, 2.05) is 24.3 Å². The highest BCUT2D eigenvalue weighted by atomic mass is 32.2. The molecule has 1 amide bonds. The van der Waals surface area contributed by atoms with Crippen LogP contribution in [0.15, 0.2) is 47.4 Å². The van der Waals surface area contributed by atoms with Gasteiger partial charge in [0.05, 0.1) is 36.3 Å². The fourth-order valence-corrected chi connectivity index (χ4v) is 5.06. The zero-order valence-electron chi connectivity index (χ0n) is 16.9. The fraction of sp³-hybridized carbons (Fsp3) is 0.364. The lowest BCUT2D eigenvalue weighted by atomic mass is 10.0. The highest BCUT2D eigenvalue weighted by molar-refractivity contribution is 7.89. The molecule has 2 heterocycles. The second kappa shape index (κ2) is 8.96. The number of fused-ring (bicyclic) bond motifs is 1. The maximum absolute atomic E-state index is 12.9. The van der Waals surface area contributed by atoms with Gasteiger partial charge in [0.2, 0.25) is 15.9 Å². The number of hydrogen-bond acceptors (Lipinski definition) is 6. The second-order valence-corrected chi connectivity index (χ2v) is 9.17. The molecule has 0 saturated carbocycles. The summed E-state index contributed by atoms with van der Waals surface area (Å²) in [4.78, 5) is 14.4. The van der Waals surface area contributed by atoms with Crippen LogP contribution < -0.4 is 14.2 Å². The Morgan fingerprint density at radius 2 is 1.90 bits per heavy atom. The molecule has 1 atom stereocenters. The number of benzene rings is 2. The molecule has 31 heavy (non-hydrogen) atoms. The van der Waals surface area contributed by atoms with Gasteiger partial charge in [-0.15, -0.1) is 0 Å². The fourth-order valence-electron chi connectivity index (χ4n) is 3.93. The van der Waals surface area contributed by atoms with E-state index >= 15 is 0 Å². The Labute approximate surface area is 181 Å². The molecule has 2 aliphatic heterocycles. The zero-order chi connectivity index (χ0) is 21.8. The zero-order valence-corrected chi connectivity index (χ0v) is 17.7. The molecule has 4 rings (SSSR count). The lowest BCUT2D eigenvalue weighted by molar-refractivity contribution is -0.130. The third kappa shape index (κ3) is 4.50. The SMILES string of the molecule is N#Cc1ccccc1S(=O)(=O)NCC(=O)N1CCC[C@@H]1c1ccc2c(c1)OCCCO2. The Kier molecular flexibility index (Phi) is 6.11. The Bertz CT molecular complexity index is 1130. The summed E-state index contributed by atoms with van der Waals surface area (Å²) in [5.41, 5.74) is 0.974. The minimum atomic E-state index is -3.98. The van der Waals surface area contributed by atoms with Crippen LogP contribution in [0.25, 0.3) is 0 Å². The summed E-state index contributed by atoms with van der Waals surface area (Å²) in [7, 11) is -3.98. The van der Waals surface area contributed by atoms with Crippen LogP contribution in [0.3, 0.4) is 0 Å². The third-order valence-corrected chi connectivity index (χ3v) is 6.90. The van der Waals surface area contributed by atoms with Crippen molar-refractivity contribution in [2.45, 2.75) is 30.2 Å². The van der Waals surface area contributed by atoms with Crippen LogP contribution >= 0.6 is 0 Å². The molecule has 0 unspecified atom stereocenters. The van der Waals surface area contributed by atoms with Crippen LogP contribution in [0.5, 0.6) is 11.5 Å². The third-order valence-electron chi connectivity index (χ3n) is 5.44. The van der Waals surface area contributed by atoms with Crippen molar-refractivity contribution in [2.75, 3.05) is 26.3 Å². The molecule has 2 aromatic rings. The van der Waals surface area contributed by atoms with Crippen LogP contribution in [0.2, 0.25) is 0 Å². The average Bonchev–Trinajstić information content (AvgIpc) is 3.16. The summed E-state index contributed by atoms with van der Waals surface area (Å²) in [6.07, 6.45) is 2.43. The van der Waals surface area contributed by atoms with Gasteiger partial charge in [0.1, 0.15) is 6.07 Å². The van der Waals surface area contributed by atoms with Crippen molar-refractivity contribution < 1.29 is 22.7 Å². The van der Waals surface area contributed by atoms with Gasteiger partial charge in [-0.05, 0) is 42.7 Å². The molecule has 9 heteroatoms. The number of sulfonamides is 1. The molecule has 0 radical (unpaired) electrons. The minimum Gasteiger partial charge on any atom is -0.490 e. The number of rotatable bonds is 5. The van der Waals surface area contributed by atoms with Crippen LogP contribution in [0.4, 0.5) is 0 Å². The van der Waals surface area contributed by atoms with E-state index in [1.165, 1.54) is 18.2 Å². The van der Waals surface area contributed by atoms with Crippen molar-refractivity contribution >= 4 is 15.9 Å². The smallest absolute Gasteiger partial charge is 0.242 e. The first-order valence-electron chi connectivity index (χ1n) is 10.2. The molecular formula is C22H23N3O5S. The van der Waals surface area contributed by atoms with Gasteiger partial charge >= 0.3 is 0 Å². The van der Waals surface area contributed by atoms with Crippen LogP contribution in [0, 0.1) is 11.3 Å². The maximum atomic E-state index is 12.9. The summed E-state index contributed by atoms with van der Waals surface area (Å²) in [6.45, 7) is 1.36. The van der Waals surface area contributed by atoms with E-state index in [4.69, 9.17) is 14.7 Å². The number of amides is 1. The van der Waals surface area contributed by atoms with Gasteiger partial charge < -0.3 is 14.4 Å². The number of carbonyl (C=O) groups is 1. The first-order valence-corrected chi connectivity index (χ1v) is 11.7. The first kappa shape index (κ1) is 21.2. The van der Waals surface area contributed by atoms with E-state index in [-0.39, 0.29) is 29.0 Å². The lowest BCUT2D eigenvalue weighted by Gasteiger charge is -2.26. The largest absolute Gasteiger partial charge is 0.490 e. The number of hydrogen-bond donors (Lipinski definition) is 1. The number of nitrogens with one attached hydrogen (secondary N) is 1. The standard InChI is InChI=1S/C22H23N3O5S/c23-14-17-5-1-2-7-21(17)31(27,28)24-15-22(26)25-10-3-6-18(25)16-8-9-19-20(13-16)30-12-4-11-29-19/h1-2,5,7-9,13,18,24H,3-4,6,10-12,15H2/t18-/m1/s1. The normalized spacial score (nSPS) is 18.3. The van der Waals surface area contributed by atoms with Gasteiger partial charge in [-0.1, -0.05) is 18.2 Å². The topological polar surface area (TPSA) is 109 Å². The highest BCUT2D eigenvalue weighted by Gasteiger charge is 2.31. The molecule has 1 saturated heterocycles. The predicted molar refractivity (Wildman–Crippen MR) is 112 cm³/mol. The summed E-state index contributed by atoms with van der Waals surface area (Å²) in [5.74, 6) is 1.05. The van der Waals surface area contributed by atoms with E-state index < -0.39 is 10.0 Å². The molecule has 162 valence electrons. The molecule has 0 aliphatic carbocycles. The van der Waals surface area contributed by atoms with Crippen LogP contribution in [0.1, 0.15) is 36.4 Å². The van der Waals surface area contributed by atoms with Gasteiger partial charge in [0.15, 0.2) is 11.5 Å². The number of nitrogens with zero attached hydrogens (tertiary/aromatic N) is 2. The van der Waals surface area contributed by atoms with E-state index in [1.54, 1.807) is 11.0 Å². The first-order chi connectivity index (χ1) is 15.0. The van der Waals surface area contributed by atoms with Gasteiger partial charge in [0, 0.05) is 13.0 Å². The predicted octanol–water partition coefficient (Wildman–Crippen LogP) is 2.36. The number of likely N-dealkylation sites (tertiary alicyclic amines) is 1.